The second-order valence-electron chi connectivity index (χ2n) is 5.80. The fourth-order valence-electron chi connectivity index (χ4n) is 2.35. The number of furan rings is 1. The molecule has 3 rings (SSSR count). The Hall–Kier alpha value is -3.19. The summed E-state index contributed by atoms with van der Waals surface area (Å²) in [6.07, 6.45) is -1.27. The van der Waals surface area contributed by atoms with E-state index >= 15 is 0 Å². The molecule has 0 aliphatic rings. The Balaban J connectivity index is 1.66. The molecule has 1 amide bonds. The predicted octanol–water partition coefficient (Wildman–Crippen LogP) is 5.06. The van der Waals surface area contributed by atoms with Crippen molar-refractivity contribution in [2.45, 2.75) is 13.0 Å². The van der Waals surface area contributed by atoms with E-state index in [9.17, 15) is 18.4 Å². The van der Waals surface area contributed by atoms with Crippen molar-refractivity contribution in [3.05, 3.63) is 77.0 Å². The van der Waals surface area contributed by atoms with Crippen LogP contribution in [0.25, 0.3) is 11.3 Å². The van der Waals surface area contributed by atoms with Crippen molar-refractivity contribution in [2.75, 3.05) is 5.32 Å². The average molecular weight is 406 g/mol. The molecule has 0 aliphatic heterocycles. The molecule has 0 aliphatic carbocycles. The third-order valence-corrected chi connectivity index (χ3v) is 4.12. The maximum atomic E-state index is 13.6. The van der Waals surface area contributed by atoms with Crippen LogP contribution < -0.4 is 5.32 Å². The van der Waals surface area contributed by atoms with Gasteiger partial charge in [0.05, 0.1) is 10.7 Å². The fraction of sp³-hybridized carbons (Fsp3) is 0.100. The highest BCUT2D eigenvalue weighted by molar-refractivity contribution is 6.33. The van der Waals surface area contributed by atoms with Crippen LogP contribution in [0.4, 0.5) is 14.5 Å². The third kappa shape index (κ3) is 4.37. The van der Waals surface area contributed by atoms with Gasteiger partial charge in [0.25, 0.3) is 5.91 Å². The zero-order valence-corrected chi connectivity index (χ0v) is 15.3. The highest BCUT2D eigenvalue weighted by Gasteiger charge is 2.22. The molecule has 0 fully saturated rings. The molecule has 1 atom stereocenters. The van der Waals surface area contributed by atoms with E-state index < -0.39 is 29.6 Å². The average Bonchev–Trinajstić information content (AvgIpc) is 3.15. The first-order valence-electron chi connectivity index (χ1n) is 8.17. The molecule has 0 unspecified atom stereocenters. The van der Waals surface area contributed by atoms with Gasteiger partial charge in [-0.15, -0.1) is 0 Å². The van der Waals surface area contributed by atoms with Gasteiger partial charge in [0.1, 0.15) is 17.4 Å². The Morgan fingerprint density at radius 3 is 2.61 bits per heavy atom. The van der Waals surface area contributed by atoms with Crippen LogP contribution in [0.1, 0.15) is 17.5 Å². The molecular formula is C20H14ClF2NO4. The molecule has 28 heavy (non-hydrogen) atoms. The van der Waals surface area contributed by atoms with Crippen LogP contribution in [0, 0.1) is 11.6 Å². The van der Waals surface area contributed by atoms with Crippen molar-refractivity contribution >= 4 is 29.2 Å². The number of hydrogen-bond acceptors (Lipinski definition) is 4. The lowest BCUT2D eigenvalue weighted by Crippen LogP contribution is -2.30. The van der Waals surface area contributed by atoms with Gasteiger partial charge in [-0.3, -0.25) is 4.79 Å². The van der Waals surface area contributed by atoms with Crippen molar-refractivity contribution in [3.63, 3.8) is 0 Å². The van der Waals surface area contributed by atoms with Gasteiger partial charge in [0, 0.05) is 11.6 Å². The summed E-state index contributed by atoms with van der Waals surface area (Å²) in [5.74, 6) is -3.02. The molecule has 1 aromatic heterocycles. The number of halogens is 3. The first-order valence-corrected chi connectivity index (χ1v) is 8.54. The third-order valence-electron chi connectivity index (χ3n) is 3.79. The molecule has 0 saturated carbocycles. The molecule has 144 valence electrons. The monoisotopic (exact) mass is 405 g/mol. The Morgan fingerprint density at radius 2 is 1.86 bits per heavy atom. The Bertz CT molecular complexity index is 1030. The first kappa shape index (κ1) is 19.6. The van der Waals surface area contributed by atoms with Crippen molar-refractivity contribution in [3.8, 4) is 11.3 Å². The molecule has 0 spiro atoms. The lowest BCUT2D eigenvalue weighted by Gasteiger charge is -2.13. The molecule has 0 radical (unpaired) electrons. The molecule has 0 saturated heterocycles. The van der Waals surface area contributed by atoms with Gasteiger partial charge in [-0.1, -0.05) is 23.7 Å². The number of carbonyl (C=O) groups excluding carboxylic acids is 2. The topological polar surface area (TPSA) is 68.5 Å². The van der Waals surface area contributed by atoms with Crippen molar-refractivity contribution in [1.29, 1.82) is 0 Å². The lowest BCUT2D eigenvalue weighted by atomic mass is 10.2. The number of rotatable bonds is 5. The zero-order valence-electron chi connectivity index (χ0n) is 14.5. The van der Waals surface area contributed by atoms with Crippen LogP contribution in [-0.2, 0) is 9.53 Å². The number of anilines is 1. The van der Waals surface area contributed by atoms with Crippen molar-refractivity contribution < 1.29 is 27.5 Å². The van der Waals surface area contributed by atoms with Gasteiger partial charge in [-0.05, 0) is 43.3 Å². The minimum absolute atomic E-state index is 0.133. The summed E-state index contributed by atoms with van der Waals surface area (Å²) in [5.41, 5.74) is 0.238. The standard InChI is InChI=1S/C20H14ClF2NO4/c1-11(19(25)24-16-10-12(22)6-7-15(16)23)27-20(26)18-9-8-17(28-18)13-4-2-3-5-14(13)21/h2-11H,1H3,(H,24,25)/t11-/m0/s1. The lowest BCUT2D eigenvalue weighted by molar-refractivity contribution is -0.123. The largest absolute Gasteiger partial charge is 0.449 e. The van der Waals surface area contributed by atoms with Crippen LogP contribution in [0.5, 0.6) is 0 Å². The van der Waals surface area contributed by atoms with E-state index in [0.717, 1.165) is 18.2 Å². The normalized spacial score (nSPS) is 11.7. The molecule has 1 heterocycles. The fourth-order valence-corrected chi connectivity index (χ4v) is 2.58. The van der Waals surface area contributed by atoms with Gasteiger partial charge in [-0.2, -0.15) is 0 Å². The summed E-state index contributed by atoms with van der Waals surface area (Å²) in [6, 6.07) is 12.5. The number of esters is 1. The van der Waals surface area contributed by atoms with E-state index in [1.807, 2.05) is 0 Å². The highest BCUT2D eigenvalue weighted by atomic mass is 35.5. The maximum Gasteiger partial charge on any atom is 0.375 e. The van der Waals surface area contributed by atoms with E-state index in [4.69, 9.17) is 20.8 Å². The van der Waals surface area contributed by atoms with Crippen molar-refractivity contribution in [1.82, 2.24) is 0 Å². The SMILES string of the molecule is C[C@H](OC(=O)c1ccc(-c2ccccc2Cl)o1)C(=O)Nc1cc(F)ccc1F. The zero-order chi connectivity index (χ0) is 20.3. The van der Waals surface area contributed by atoms with Crippen LogP contribution in [0.3, 0.4) is 0 Å². The number of hydrogen-bond donors (Lipinski definition) is 1. The van der Waals surface area contributed by atoms with E-state index in [2.05, 4.69) is 5.32 Å². The molecular weight excluding hydrogens is 392 g/mol. The molecule has 5 nitrogen and oxygen atoms in total. The number of carbonyl (C=O) groups is 2. The summed E-state index contributed by atoms with van der Waals surface area (Å²) in [6.45, 7) is 1.29. The predicted molar refractivity (Wildman–Crippen MR) is 99.0 cm³/mol. The van der Waals surface area contributed by atoms with Crippen LogP contribution in [-0.4, -0.2) is 18.0 Å². The maximum absolute atomic E-state index is 13.6. The Morgan fingerprint density at radius 1 is 1.11 bits per heavy atom. The molecule has 2 aromatic carbocycles. The molecule has 0 bridgehead atoms. The summed E-state index contributed by atoms with van der Waals surface area (Å²) >= 11 is 6.09. The van der Waals surface area contributed by atoms with Gasteiger partial charge < -0.3 is 14.5 Å². The van der Waals surface area contributed by atoms with Gasteiger partial charge in [0.2, 0.25) is 5.76 Å². The number of amides is 1. The van der Waals surface area contributed by atoms with Gasteiger partial charge in [0.15, 0.2) is 6.10 Å². The molecule has 1 N–H and O–H groups in total. The van der Waals surface area contributed by atoms with Crippen LogP contribution >= 0.6 is 11.6 Å². The van der Waals surface area contributed by atoms with Gasteiger partial charge >= 0.3 is 5.97 Å². The van der Waals surface area contributed by atoms with Crippen LogP contribution in [0.2, 0.25) is 5.02 Å². The molecule has 3 aromatic rings. The number of benzene rings is 2. The highest BCUT2D eigenvalue weighted by Crippen LogP contribution is 2.29. The summed E-state index contributed by atoms with van der Waals surface area (Å²) in [5, 5.41) is 2.61. The van der Waals surface area contributed by atoms with Crippen molar-refractivity contribution in [2.24, 2.45) is 0 Å². The second kappa shape index (κ2) is 8.22. The summed E-state index contributed by atoms with van der Waals surface area (Å²) in [7, 11) is 0. The smallest absolute Gasteiger partial charge is 0.375 e. The summed E-state index contributed by atoms with van der Waals surface area (Å²) in [4.78, 5) is 24.3. The number of ether oxygens (including phenoxy) is 1. The second-order valence-corrected chi connectivity index (χ2v) is 6.21. The van der Waals surface area contributed by atoms with E-state index in [-0.39, 0.29) is 11.4 Å². The Labute approximate surface area is 163 Å². The quantitative estimate of drug-likeness (QED) is 0.602. The van der Waals surface area contributed by atoms with E-state index in [1.54, 1.807) is 30.3 Å². The van der Waals surface area contributed by atoms with Gasteiger partial charge in [-0.25, -0.2) is 13.6 Å². The van der Waals surface area contributed by atoms with Crippen LogP contribution in [0.15, 0.2) is 59.0 Å². The Kier molecular flexibility index (Phi) is 5.75. The summed E-state index contributed by atoms with van der Waals surface area (Å²) < 4.78 is 37.3. The van der Waals surface area contributed by atoms with E-state index in [1.165, 1.54) is 13.0 Å². The first-order chi connectivity index (χ1) is 13.3. The van der Waals surface area contributed by atoms with E-state index in [0.29, 0.717) is 16.3 Å². The molecule has 8 heteroatoms. The minimum Gasteiger partial charge on any atom is -0.449 e. The number of nitrogens with one attached hydrogen (secondary N) is 1. The minimum atomic E-state index is -1.27.